The molecule has 8 heteroatoms. The number of nitrogens with zero attached hydrogens (tertiary/aromatic N) is 2. The van der Waals surface area contributed by atoms with Crippen LogP contribution in [-0.2, 0) is 16.6 Å². The third-order valence-corrected chi connectivity index (χ3v) is 5.44. The second-order valence-corrected chi connectivity index (χ2v) is 7.04. The van der Waals surface area contributed by atoms with Crippen LogP contribution in [0.2, 0.25) is 5.02 Å². The molecule has 2 rings (SSSR count). The summed E-state index contributed by atoms with van der Waals surface area (Å²) in [6.45, 7) is 3.11. The fourth-order valence-corrected chi connectivity index (χ4v) is 3.63. The number of sulfonamides is 1. The fraction of sp³-hybridized carbons (Fsp3) is 0.308. The number of hydrogen-bond acceptors (Lipinski definition) is 4. The van der Waals surface area contributed by atoms with Gasteiger partial charge in [0.15, 0.2) is 5.76 Å². The van der Waals surface area contributed by atoms with Crippen molar-refractivity contribution in [3.8, 4) is 0 Å². The maximum absolute atomic E-state index is 13.0. The van der Waals surface area contributed by atoms with Crippen LogP contribution in [0.5, 0.6) is 0 Å². The summed E-state index contributed by atoms with van der Waals surface area (Å²) >= 11 is 5.92. The molecule has 2 aromatic rings. The molecule has 0 amide bonds. The minimum Gasteiger partial charge on any atom is -0.360 e. The van der Waals surface area contributed by atoms with E-state index in [1.165, 1.54) is 26.1 Å². The Hall–Kier alpha value is -1.44. The van der Waals surface area contributed by atoms with Crippen LogP contribution in [0.3, 0.4) is 0 Å². The maximum atomic E-state index is 13.0. The summed E-state index contributed by atoms with van der Waals surface area (Å²) in [5.41, 5.74) is 0.806. The molecule has 1 aromatic carbocycles. The molecular formula is C13H14ClFN2O3S. The van der Waals surface area contributed by atoms with Crippen LogP contribution in [0, 0.1) is 19.7 Å². The lowest BCUT2D eigenvalue weighted by Gasteiger charge is -2.17. The molecule has 0 unspecified atom stereocenters. The second kappa shape index (κ2) is 5.75. The van der Waals surface area contributed by atoms with E-state index in [2.05, 4.69) is 5.16 Å². The van der Waals surface area contributed by atoms with Gasteiger partial charge in [0.05, 0.1) is 0 Å². The monoisotopic (exact) mass is 332 g/mol. The van der Waals surface area contributed by atoms with Crippen molar-refractivity contribution in [3.63, 3.8) is 0 Å². The third kappa shape index (κ3) is 3.09. The van der Waals surface area contributed by atoms with Crippen LogP contribution < -0.4 is 0 Å². The third-order valence-electron chi connectivity index (χ3n) is 3.04. The summed E-state index contributed by atoms with van der Waals surface area (Å²) in [5.74, 6) is -0.246. The van der Waals surface area contributed by atoms with E-state index in [0.29, 0.717) is 11.3 Å². The number of halogens is 2. The standard InChI is InChI=1S/C13H14ClFN2O3S/c1-8-13(9(2)20-16-8)21(18,19)17(3)7-10-4-5-11(15)6-12(10)14/h4-6H,7H2,1-3H3. The van der Waals surface area contributed by atoms with Gasteiger partial charge in [0.2, 0.25) is 10.0 Å². The Balaban J connectivity index is 2.33. The van der Waals surface area contributed by atoms with Gasteiger partial charge in [-0.05, 0) is 31.5 Å². The van der Waals surface area contributed by atoms with Gasteiger partial charge in [-0.2, -0.15) is 4.31 Å². The summed E-state index contributed by atoms with van der Waals surface area (Å²) in [6.07, 6.45) is 0. The smallest absolute Gasteiger partial charge is 0.248 e. The highest BCUT2D eigenvalue weighted by Crippen LogP contribution is 2.25. The molecule has 0 aliphatic rings. The molecule has 0 bridgehead atoms. The predicted octanol–water partition coefficient (Wildman–Crippen LogP) is 2.90. The number of benzene rings is 1. The van der Waals surface area contributed by atoms with Gasteiger partial charge in [0, 0.05) is 18.6 Å². The van der Waals surface area contributed by atoms with Gasteiger partial charge in [0.1, 0.15) is 16.4 Å². The average molecular weight is 333 g/mol. The average Bonchev–Trinajstić information content (AvgIpc) is 2.72. The van der Waals surface area contributed by atoms with Crippen LogP contribution in [0.15, 0.2) is 27.6 Å². The Morgan fingerprint density at radius 1 is 1.38 bits per heavy atom. The molecule has 5 nitrogen and oxygen atoms in total. The van der Waals surface area contributed by atoms with Crippen molar-refractivity contribution < 1.29 is 17.3 Å². The molecule has 0 saturated heterocycles. The zero-order chi connectivity index (χ0) is 15.8. The summed E-state index contributed by atoms with van der Waals surface area (Å²) in [5, 5.41) is 3.82. The van der Waals surface area contributed by atoms with Crippen LogP contribution in [0.1, 0.15) is 17.0 Å². The minimum absolute atomic E-state index is 0.0194. The molecule has 0 radical (unpaired) electrons. The van der Waals surface area contributed by atoms with Crippen LogP contribution in [0.25, 0.3) is 0 Å². The summed E-state index contributed by atoms with van der Waals surface area (Å²) < 4.78 is 44.1. The molecule has 0 aliphatic heterocycles. The number of rotatable bonds is 4. The van der Waals surface area contributed by atoms with E-state index in [1.54, 1.807) is 6.92 Å². The number of aryl methyl sites for hydroxylation is 2. The topological polar surface area (TPSA) is 63.4 Å². The van der Waals surface area contributed by atoms with Crippen LogP contribution in [0.4, 0.5) is 4.39 Å². The second-order valence-electron chi connectivity index (χ2n) is 4.65. The Bertz CT molecular complexity index is 754. The first-order valence-corrected chi connectivity index (χ1v) is 7.88. The van der Waals surface area contributed by atoms with Crippen molar-refractivity contribution in [1.29, 1.82) is 0 Å². The Morgan fingerprint density at radius 3 is 2.57 bits per heavy atom. The van der Waals surface area contributed by atoms with Gasteiger partial charge in [-0.3, -0.25) is 0 Å². The van der Waals surface area contributed by atoms with Gasteiger partial charge in [-0.15, -0.1) is 0 Å². The molecule has 0 spiro atoms. The molecule has 0 N–H and O–H groups in total. The highest BCUT2D eigenvalue weighted by Gasteiger charge is 2.28. The molecule has 0 aliphatic carbocycles. The normalized spacial score (nSPS) is 12.1. The summed E-state index contributed by atoms with van der Waals surface area (Å²) in [4.78, 5) is 0.0447. The predicted molar refractivity (Wildman–Crippen MR) is 76.0 cm³/mol. The van der Waals surface area contributed by atoms with E-state index in [4.69, 9.17) is 16.1 Å². The van der Waals surface area contributed by atoms with Crippen molar-refractivity contribution in [2.45, 2.75) is 25.3 Å². The Kier molecular flexibility index (Phi) is 4.36. The first-order chi connectivity index (χ1) is 9.73. The molecule has 0 fully saturated rings. The fourth-order valence-electron chi connectivity index (χ4n) is 1.97. The van der Waals surface area contributed by atoms with Crippen molar-refractivity contribution in [1.82, 2.24) is 9.46 Å². The lowest BCUT2D eigenvalue weighted by atomic mass is 10.2. The Morgan fingerprint density at radius 2 is 2.05 bits per heavy atom. The molecule has 1 heterocycles. The van der Waals surface area contributed by atoms with Crippen molar-refractivity contribution in [2.24, 2.45) is 0 Å². The minimum atomic E-state index is -3.76. The first kappa shape index (κ1) is 15.9. The zero-order valence-electron chi connectivity index (χ0n) is 11.7. The lowest BCUT2D eigenvalue weighted by molar-refractivity contribution is 0.389. The van der Waals surface area contributed by atoms with Crippen molar-refractivity contribution in [2.75, 3.05) is 7.05 Å². The highest BCUT2D eigenvalue weighted by molar-refractivity contribution is 7.89. The quantitative estimate of drug-likeness (QED) is 0.863. The van der Waals surface area contributed by atoms with Gasteiger partial charge in [0.25, 0.3) is 0 Å². The first-order valence-electron chi connectivity index (χ1n) is 6.06. The van der Waals surface area contributed by atoms with Crippen LogP contribution >= 0.6 is 11.6 Å². The molecule has 1 aromatic heterocycles. The zero-order valence-corrected chi connectivity index (χ0v) is 13.3. The van der Waals surface area contributed by atoms with Crippen molar-refractivity contribution >= 4 is 21.6 Å². The summed E-state index contributed by atoms with van der Waals surface area (Å²) in [6, 6.07) is 3.84. The van der Waals surface area contributed by atoms with Crippen molar-refractivity contribution in [3.05, 3.63) is 46.1 Å². The van der Waals surface area contributed by atoms with E-state index in [9.17, 15) is 12.8 Å². The Labute approximate surface area is 127 Å². The molecule has 114 valence electrons. The lowest BCUT2D eigenvalue weighted by Crippen LogP contribution is -2.27. The van der Waals surface area contributed by atoms with E-state index < -0.39 is 15.8 Å². The van der Waals surface area contributed by atoms with E-state index in [1.807, 2.05) is 0 Å². The van der Waals surface area contributed by atoms with Gasteiger partial charge in [-0.25, -0.2) is 12.8 Å². The molecule has 21 heavy (non-hydrogen) atoms. The van der Waals surface area contributed by atoms with Gasteiger partial charge < -0.3 is 4.52 Å². The number of aromatic nitrogens is 1. The summed E-state index contributed by atoms with van der Waals surface area (Å²) in [7, 11) is -2.34. The highest BCUT2D eigenvalue weighted by atomic mass is 35.5. The number of hydrogen-bond donors (Lipinski definition) is 0. The SMILES string of the molecule is Cc1noc(C)c1S(=O)(=O)N(C)Cc1ccc(F)cc1Cl. The van der Waals surface area contributed by atoms with E-state index >= 15 is 0 Å². The largest absolute Gasteiger partial charge is 0.360 e. The van der Waals surface area contributed by atoms with Gasteiger partial charge in [-0.1, -0.05) is 22.8 Å². The van der Waals surface area contributed by atoms with E-state index in [-0.39, 0.29) is 22.2 Å². The van der Waals surface area contributed by atoms with Crippen LogP contribution in [-0.4, -0.2) is 24.9 Å². The van der Waals surface area contributed by atoms with Gasteiger partial charge >= 0.3 is 0 Å². The maximum Gasteiger partial charge on any atom is 0.248 e. The molecule has 0 saturated carbocycles. The molecular weight excluding hydrogens is 319 g/mol. The molecule has 0 atom stereocenters. The van der Waals surface area contributed by atoms with E-state index in [0.717, 1.165) is 10.4 Å².